The van der Waals surface area contributed by atoms with E-state index in [2.05, 4.69) is 0 Å². The van der Waals surface area contributed by atoms with Crippen molar-refractivity contribution in [2.45, 2.75) is 26.9 Å². The number of ketones is 1. The number of hydrogen-bond acceptors (Lipinski definition) is 2. The monoisotopic (exact) mass is 246 g/mol. The lowest BCUT2D eigenvalue weighted by atomic mass is 10.0. The topological polar surface area (TPSA) is 26.3 Å². The van der Waals surface area contributed by atoms with Crippen molar-refractivity contribution < 1.29 is 22.7 Å². The number of hydrogen-bond donors (Lipinski definition) is 0. The van der Waals surface area contributed by atoms with Gasteiger partial charge < -0.3 is 4.74 Å². The Kier molecular flexibility index (Phi) is 3.80. The van der Waals surface area contributed by atoms with Crippen molar-refractivity contribution in [3.05, 3.63) is 28.8 Å². The highest BCUT2D eigenvalue weighted by Gasteiger charge is 2.34. The molecule has 0 aromatic heterocycles. The van der Waals surface area contributed by atoms with E-state index in [1.54, 1.807) is 6.92 Å². The van der Waals surface area contributed by atoms with Gasteiger partial charge in [-0.15, -0.1) is 0 Å². The van der Waals surface area contributed by atoms with Crippen molar-refractivity contribution in [3.8, 4) is 5.75 Å². The van der Waals surface area contributed by atoms with Gasteiger partial charge in [-0.05, 0) is 32.9 Å². The predicted octanol–water partition coefficient (Wildman–Crippen LogP) is 3.62. The van der Waals surface area contributed by atoms with Crippen molar-refractivity contribution >= 4 is 5.78 Å². The molecule has 17 heavy (non-hydrogen) atoms. The van der Waals surface area contributed by atoms with Crippen LogP contribution in [0.3, 0.4) is 0 Å². The van der Waals surface area contributed by atoms with Gasteiger partial charge >= 0.3 is 6.18 Å². The number of ether oxygens (including phenoxy) is 1. The largest absolute Gasteiger partial charge is 0.494 e. The molecule has 0 aliphatic rings. The quantitative estimate of drug-likeness (QED) is 0.761. The van der Waals surface area contributed by atoms with Crippen LogP contribution in [-0.4, -0.2) is 12.4 Å². The molecule has 0 amide bonds. The van der Waals surface area contributed by atoms with Gasteiger partial charge in [-0.2, -0.15) is 13.2 Å². The maximum Gasteiger partial charge on any atom is 0.416 e. The van der Waals surface area contributed by atoms with Crippen LogP contribution < -0.4 is 4.74 Å². The lowest BCUT2D eigenvalue weighted by molar-refractivity contribution is -0.138. The van der Waals surface area contributed by atoms with Crippen molar-refractivity contribution in [1.82, 2.24) is 0 Å². The Bertz CT molecular complexity index is 436. The summed E-state index contributed by atoms with van der Waals surface area (Å²) in [5.74, 6) is -0.316. The standard InChI is InChI=1S/C12H13F3O2/c1-4-17-11-6-9(8(3)16)5-10(7(11)2)12(13,14)15/h5-6H,4H2,1-3H3. The van der Waals surface area contributed by atoms with Gasteiger partial charge in [0, 0.05) is 11.1 Å². The van der Waals surface area contributed by atoms with Gasteiger partial charge in [-0.3, -0.25) is 4.79 Å². The Morgan fingerprint density at radius 3 is 2.35 bits per heavy atom. The van der Waals surface area contributed by atoms with E-state index in [-0.39, 0.29) is 23.5 Å². The molecule has 0 spiro atoms. The molecule has 1 aromatic carbocycles. The normalized spacial score (nSPS) is 11.4. The summed E-state index contributed by atoms with van der Waals surface area (Å²) in [6.45, 7) is 4.48. The van der Waals surface area contributed by atoms with Crippen molar-refractivity contribution in [2.75, 3.05) is 6.61 Å². The van der Waals surface area contributed by atoms with Crippen LogP contribution in [-0.2, 0) is 6.18 Å². The van der Waals surface area contributed by atoms with Crippen LogP contribution >= 0.6 is 0 Å². The van der Waals surface area contributed by atoms with Crippen molar-refractivity contribution in [3.63, 3.8) is 0 Å². The minimum Gasteiger partial charge on any atom is -0.494 e. The third kappa shape index (κ3) is 2.99. The second-order valence-corrected chi connectivity index (χ2v) is 3.63. The molecule has 0 heterocycles. The molecule has 2 nitrogen and oxygen atoms in total. The minimum absolute atomic E-state index is 0.00403. The van der Waals surface area contributed by atoms with E-state index in [9.17, 15) is 18.0 Å². The Morgan fingerprint density at radius 2 is 1.94 bits per heavy atom. The summed E-state index contributed by atoms with van der Waals surface area (Å²) in [5, 5.41) is 0. The lowest BCUT2D eigenvalue weighted by Crippen LogP contribution is -2.11. The molecule has 0 saturated carbocycles. The van der Waals surface area contributed by atoms with E-state index in [1.165, 1.54) is 19.9 Å². The highest BCUT2D eigenvalue weighted by atomic mass is 19.4. The van der Waals surface area contributed by atoms with Crippen LogP contribution in [0.15, 0.2) is 12.1 Å². The second-order valence-electron chi connectivity index (χ2n) is 3.63. The summed E-state index contributed by atoms with van der Waals surface area (Å²) in [4.78, 5) is 11.2. The van der Waals surface area contributed by atoms with Gasteiger partial charge in [0.25, 0.3) is 0 Å². The molecule has 0 N–H and O–H groups in total. The molecule has 0 atom stereocenters. The van der Waals surface area contributed by atoms with Crippen LogP contribution in [0.5, 0.6) is 5.75 Å². The van der Waals surface area contributed by atoms with Gasteiger partial charge in [0.2, 0.25) is 0 Å². The maximum atomic E-state index is 12.7. The first-order valence-corrected chi connectivity index (χ1v) is 5.13. The number of halogens is 3. The van der Waals surface area contributed by atoms with Gasteiger partial charge in [0.15, 0.2) is 5.78 Å². The summed E-state index contributed by atoms with van der Waals surface area (Å²) < 4.78 is 43.3. The summed E-state index contributed by atoms with van der Waals surface area (Å²) in [5.41, 5.74) is -0.815. The number of alkyl halides is 3. The van der Waals surface area contributed by atoms with Gasteiger partial charge in [-0.1, -0.05) is 0 Å². The summed E-state index contributed by atoms with van der Waals surface area (Å²) in [6.07, 6.45) is -4.48. The Morgan fingerprint density at radius 1 is 1.35 bits per heavy atom. The van der Waals surface area contributed by atoms with Crippen molar-refractivity contribution in [1.29, 1.82) is 0 Å². The van der Waals surface area contributed by atoms with E-state index in [1.807, 2.05) is 0 Å². The van der Waals surface area contributed by atoms with E-state index in [0.29, 0.717) is 0 Å². The van der Waals surface area contributed by atoms with E-state index < -0.39 is 17.5 Å². The summed E-state index contributed by atoms with van der Waals surface area (Å²) in [6, 6.07) is 2.20. The molecular weight excluding hydrogens is 233 g/mol. The fraction of sp³-hybridized carbons (Fsp3) is 0.417. The first kappa shape index (κ1) is 13.5. The van der Waals surface area contributed by atoms with E-state index >= 15 is 0 Å². The number of benzene rings is 1. The third-order valence-electron chi connectivity index (χ3n) is 2.37. The van der Waals surface area contributed by atoms with Crippen LogP contribution in [0, 0.1) is 6.92 Å². The Labute approximate surface area is 97.4 Å². The zero-order valence-electron chi connectivity index (χ0n) is 9.81. The fourth-order valence-corrected chi connectivity index (χ4v) is 1.49. The molecule has 1 rings (SSSR count). The van der Waals surface area contributed by atoms with Crippen molar-refractivity contribution in [2.24, 2.45) is 0 Å². The zero-order valence-corrected chi connectivity index (χ0v) is 9.81. The van der Waals surface area contributed by atoms with Crippen LogP contribution in [0.25, 0.3) is 0 Å². The summed E-state index contributed by atoms with van der Waals surface area (Å²) >= 11 is 0. The predicted molar refractivity (Wildman–Crippen MR) is 57.4 cm³/mol. The first-order chi connectivity index (χ1) is 7.77. The maximum absolute atomic E-state index is 12.7. The molecule has 1 aromatic rings. The fourth-order valence-electron chi connectivity index (χ4n) is 1.49. The molecule has 94 valence electrons. The average molecular weight is 246 g/mol. The second kappa shape index (κ2) is 4.77. The van der Waals surface area contributed by atoms with Gasteiger partial charge in [0.05, 0.1) is 12.2 Å². The lowest BCUT2D eigenvalue weighted by Gasteiger charge is -2.15. The van der Waals surface area contributed by atoms with E-state index in [0.717, 1.165) is 6.07 Å². The van der Waals surface area contributed by atoms with E-state index in [4.69, 9.17) is 4.74 Å². The molecular formula is C12H13F3O2. The Hall–Kier alpha value is -1.52. The molecule has 0 unspecified atom stereocenters. The van der Waals surface area contributed by atoms with Gasteiger partial charge in [0.1, 0.15) is 5.75 Å². The van der Waals surface area contributed by atoms with Crippen LogP contribution in [0.2, 0.25) is 0 Å². The number of Topliss-reactive ketones (excluding diaryl/α,β-unsaturated/α-hetero) is 1. The molecule has 0 aliphatic carbocycles. The number of carbonyl (C=O) groups excluding carboxylic acids is 1. The Balaban J connectivity index is 3.43. The summed E-state index contributed by atoms with van der Waals surface area (Å²) in [7, 11) is 0. The minimum atomic E-state index is -4.48. The third-order valence-corrected chi connectivity index (χ3v) is 2.37. The molecule has 0 fully saturated rings. The highest BCUT2D eigenvalue weighted by Crippen LogP contribution is 2.36. The van der Waals surface area contributed by atoms with Crippen LogP contribution in [0.4, 0.5) is 13.2 Å². The SMILES string of the molecule is CCOc1cc(C(C)=O)cc(C(F)(F)F)c1C. The molecule has 0 radical (unpaired) electrons. The molecule has 0 saturated heterocycles. The van der Waals surface area contributed by atoms with Gasteiger partial charge in [-0.25, -0.2) is 0 Å². The molecule has 0 aliphatic heterocycles. The highest BCUT2D eigenvalue weighted by molar-refractivity contribution is 5.94. The molecule has 5 heteroatoms. The van der Waals surface area contributed by atoms with Crippen LogP contribution in [0.1, 0.15) is 35.3 Å². The first-order valence-electron chi connectivity index (χ1n) is 5.13. The average Bonchev–Trinajstić information content (AvgIpc) is 2.19. The number of rotatable bonds is 3. The number of carbonyl (C=O) groups is 1. The smallest absolute Gasteiger partial charge is 0.416 e. The zero-order chi connectivity index (χ0) is 13.2. The molecule has 0 bridgehead atoms.